The van der Waals surface area contributed by atoms with Crippen LogP contribution in [0.5, 0.6) is 0 Å². The Morgan fingerprint density at radius 3 is 2.64 bits per heavy atom. The predicted molar refractivity (Wildman–Crippen MR) is 111 cm³/mol. The van der Waals surface area contributed by atoms with Gasteiger partial charge in [-0.15, -0.1) is 0 Å². The maximum atomic E-state index is 12.7. The molecule has 0 aliphatic carbocycles. The number of hydrogen-bond acceptors (Lipinski definition) is 5. The SMILES string of the molecule is Cc1ccccc1N1CCN([C@@H]2CCCN(C(=O)CCN3CCCO3)C2)CC1. The summed E-state index contributed by atoms with van der Waals surface area (Å²) in [6.45, 7) is 10.8. The fourth-order valence-corrected chi connectivity index (χ4v) is 4.78. The number of piperazine rings is 1. The first-order valence-corrected chi connectivity index (χ1v) is 10.9. The van der Waals surface area contributed by atoms with E-state index in [1.807, 2.05) is 5.06 Å². The molecule has 0 aromatic heterocycles. The fourth-order valence-electron chi connectivity index (χ4n) is 4.78. The van der Waals surface area contributed by atoms with Gasteiger partial charge in [0.05, 0.1) is 6.61 Å². The van der Waals surface area contributed by atoms with Crippen LogP contribution in [-0.4, -0.2) is 85.8 Å². The number of benzene rings is 1. The first kappa shape index (κ1) is 19.7. The average molecular weight is 387 g/mol. The van der Waals surface area contributed by atoms with E-state index in [0.29, 0.717) is 18.4 Å². The molecule has 0 saturated carbocycles. The van der Waals surface area contributed by atoms with Crippen LogP contribution in [0.4, 0.5) is 5.69 Å². The molecule has 6 nitrogen and oxygen atoms in total. The number of nitrogens with zero attached hydrogens (tertiary/aromatic N) is 4. The fraction of sp³-hybridized carbons (Fsp3) is 0.682. The van der Waals surface area contributed by atoms with Crippen molar-refractivity contribution in [3.63, 3.8) is 0 Å². The Kier molecular flexibility index (Phi) is 6.50. The Hall–Kier alpha value is -1.63. The summed E-state index contributed by atoms with van der Waals surface area (Å²) in [6.07, 6.45) is 3.99. The molecule has 6 heteroatoms. The van der Waals surface area contributed by atoms with Crippen molar-refractivity contribution in [1.29, 1.82) is 0 Å². The summed E-state index contributed by atoms with van der Waals surface area (Å²) >= 11 is 0. The van der Waals surface area contributed by atoms with Crippen LogP contribution in [0.1, 0.15) is 31.2 Å². The van der Waals surface area contributed by atoms with E-state index in [0.717, 1.165) is 71.8 Å². The maximum absolute atomic E-state index is 12.7. The standard InChI is InChI=1S/C22H34N4O2/c1-19-6-2-3-8-21(19)24-15-13-23(14-16-24)20-7-4-10-25(18-20)22(27)9-12-26-11-5-17-28-26/h2-3,6,8,20H,4-5,7,9-18H2,1H3/t20-/m1/s1. The van der Waals surface area contributed by atoms with Crippen LogP contribution in [0.2, 0.25) is 0 Å². The number of hydrogen-bond donors (Lipinski definition) is 0. The van der Waals surface area contributed by atoms with Crippen molar-refractivity contribution in [2.45, 2.75) is 38.6 Å². The molecule has 0 N–H and O–H groups in total. The van der Waals surface area contributed by atoms with Gasteiger partial charge in [-0.25, -0.2) is 0 Å². The molecule has 3 heterocycles. The second-order valence-corrected chi connectivity index (χ2v) is 8.31. The summed E-state index contributed by atoms with van der Waals surface area (Å²) in [6, 6.07) is 9.18. The average Bonchev–Trinajstić information content (AvgIpc) is 3.26. The second-order valence-electron chi connectivity index (χ2n) is 8.31. The minimum absolute atomic E-state index is 0.291. The summed E-state index contributed by atoms with van der Waals surface area (Å²) in [7, 11) is 0. The van der Waals surface area contributed by atoms with Gasteiger partial charge in [-0.2, -0.15) is 5.06 Å². The Morgan fingerprint density at radius 1 is 1.07 bits per heavy atom. The van der Waals surface area contributed by atoms with E-state index in [2.05, 4.69) is 45.9 Å². The van der Waals surface area contributed by atoms with Gasteiger partial charge in [0.1, 0.15) is 0 Å². The van der Waals surface area contributed by atoms with Crippen LogP contribution >= 0.6 is 0 Å². The van der Waals surface area contributed by atoms with Crippen molar-refractivity contribution in [2.75, 3.05) is 63.9 Å². The highest BCUT2D eigenvalue weighted by Crippen LogP contribution is 2.23. The number of carbonyl (C=O) groups is 1. The van der Waals surface area contributed by atoms with E-state index in [4.69, 9.17) is 4.84 Å². The number of piperidine rings is 1. The van der Waals surface area contributed by atoms with Gasteiger partial charge < -0.3 is 9.80 Å². The Morgan fingerprint density at radius 2 is 1.89 bits per heavy atom. The molecule has 1 aromatic carbocycles. The summed E-state index contributed by atoms with van der Waals surface area (Å²) in [5, 5.41) is 1.95. The third kappa shape index (κ3) is 4.67. The van der Waals surface area contributed by atoms with Crippen molar-refractivity contribution in [3.8, 4) is 0 Å². The lowest BCUT2D eigenvalue weighted by atomic mass is 10.0. The van der Waals surface area contributed by atoms with Gasteiger partial charge in [-0.1, -0.05) is 18.2 Å². The lowest BCUT2D eigenvalue weighted by Gasteiger charge is -2.44. The number of rotatable bonds is 5. The monoisotopic (exact) mass is 386 g/mol. The number of para-hydroxylation sites is 1. The van der Waals surface area contributed by atoms with Crippen molar-refractivity contribution in [3.05, 3.63) is 29.8 Å². The third-order valence-corrected chi connectivity index (χ3v) is 6.44. The molecule has 1 aromatic rings. The van der Waals surface area contributed by atoms with E-state index < -0.39 is 0 Å². The van der Waals surface area contributed by atoms with Crippen LogP contribution < -0.4 is 4.90 Å². The number of amides is 1. The number of anilines is 1. The van der Waals surface area contributed by atoms with Gasteiger partial charge in [0, 0.05) is 70.5 Å². The van der Waals surface area contributed by atoms with Crippen LogP contribution in [0.3, 0.4) is 0 Å². The Labute approximate surface area is 169 Å². The van der Waals surface area contributed by atoms with Gasteiger partial charge in [0.15, 0.2) is 0 Å². The van der Waals surface area contributed by atoms with E-state index in [1.165, 1.54) is 17.7 Å². The molecule has 3 saturated heterocycles. The zero-order valence-corrected chi connectivity index (χ0v) is 17.2. The normalized spacial score (nSPS) is 24.7. The summed E-state index contributed by atoms with van der Waals surface area (Å²) < 4.78 is 0. The summed E-state index contributed by atoms with van der Waals surface area (Å²) in [5.74, 6) is 0.291. The maximum Gasteiger partial charge on any atom is 0.224 e. The smallest absolute Gasteiger partial charge is 0.224 e. The second kappa shape index (κ2) is 9.25. The molecule has 0 unspecified atom stereocenters. The Balaban J connectivity index is 1.25. The Bertz CT molecular complexity index is 654. The van der Waals surface area contributed by atoms with Crippen LogP contribution in [-0.2, 0) is 9.63 Å². The van der Waals surface area contributed by atoms with Gasteiger partial charge in [-0.05, 0) is 37.8 Å². The molecule has 28 heavy (non-hydrogen) atoms. The van der Waals surface area contributed by atoms with Crippen LogP contribution in [0, 0.1) is 6.92 Å². The predicted octanol–water partition coefficient (Wildman–Crippen LogP) is 2.14. The van der Waals surface area contributed by atoms with Crippen molar-refractivity contribution in [2.24, 2.45) is 0 Å². The van der Waals surface area contributed by atoms with E-state index in [1.54, 1.807) is 0 Å². The largest absolute Gasteiger partial charge is 0.369 e. The number of carbonyl (C=O) groups excluding carboxylic acids is 1. The minimum Gasteiger partial charge on any atom is -0.369 e. The highest BCUT2D eigenvalue weighted by Gasteiger charge is 2.30. The summed E-state index contributed by atoms with van der Waals surface area (Å²) in [4.78, 5) is 25.4. The van der Waals surface area contributed by atoms with Crippen molar-refractivity contribution >= 4 is 11.6 Å². The van der Waals surface area contributed by atoms with Gasteiger partial charge in [0.25, 0.3) is 0 Å². The number of aryl methyl sites for hydroxylation is 1. The highest BCUT2D eigenvalue weighted by molar-refractivity contribution is 5.76. The van der Waals surface area contributed by atoms with Gasteiger partial charge in [0.2, 0.25) is 5.91 Å². The molecule has 3 aliphatic rings. The zero-order chi connectivity index (χ0) is 19.3. The number of likely N-dealkylation sites (tertiary alicyclic amines) is 1. The molecule has 3 aliphatic heterocycles. The van der Waals surface area contributed by atoms with Crippen LogP contribution in [0.25, 0.3) is 0 Å². The molecule has 0 radical (unpaired) electrons. The lowest BCUT2D eigenvalue weighted by molar-refractivity contribution is -0.140. The van der Waals surface area contributed by atoms with Crippen LogP contribution in [0.15, 0.2) is 24.3 Å². The topological polar surface area (TPSA) is 39.3 Å². The van der Waals surface area contributed by atoms with E-state index >= 15 is 0 Å². The lowest BCUT2D eigenvalue weighted by Crippen LogP contribution is -2.56. The molecule has 0 bridgehead atoms. The molecular weight excluding hydrogens is 352 g/mol. The van der Waals surface area contributed by atoms with Crippen molar-refractivity contribution < 1.29 is 9.63 Å². The molecule has 1 atom stereocenters. The zero-order valence-electron chi connectivity index (χ0n) is 17.2. The molecule has 0 spiro atoms. The first-order chi connectivity index (χ1) is 13.7. The minimum atomic E-state index is 0.291. The van der Waals surface area contributed by atoms with E-state index in [9.17, 15) is 4.79 Å². The first-order valence-electron chi connectivity index (χ1n) is 10.9. The molecule has 4 rings (SSSR count). The van der Waals surface area contributed by atoms with Gasteiger partial charge >= 0.3 is 0 Å². The van der Waals surface area contributed by atoms with Crippen molar-refractivity contribution in [1.82, 2.24) is 14.9 Å². The molecule has 1 amide bonds. The number of hydroxylamine groups is 2. The van der Waals surface area contributed by atoms with Gasteiger partial charge in [-0.3, -0.25) is 14.5 Å². The molecule has 3 fully saturated rings. The molecule has 154 valence electrons. The quantitative estimate of drug-likeness (QED) is 0.775. The third-order valence-electron chi connectivity index (χ3n) is 6.44. The summed E-state index contributed by atoms with van der Waals surface area (Å²) in [5.41, 5.74) is 2.72. The van der Waals surface area contributed by atoms with E-state index in [-0.39, 0.29) is 0 Å². The molecular formula is C22H34N4O2. The highest BCUT2D eigenvalue weighted by atomic mass is 16.7.